The molecule has 208 valence electrons. The molecule has 4 heterocycles. The Morgan fingerprint density at radius 3 is 2.61 bits per heavy atom. The summed E-state index contributed by atoms with van der Waals surface area (Å²) in [7, 11) is 0. The Bertz CT molecular complexity index is 1080. The van der Waals surface area contributed by atoms with Gasteiger partial charge in [0, 0.05) is 44.2 Å². The minimum absolute atomic E-state index is 0.356. The first-order chi connectivity index (χ1) is 18.4. The van der Waals surface area contributed by atoms with Crippen LogP contribution >= 0.6 is 11.6 Å². The summed E-state index contributed by atoms with van der Waals surface area (Å²) in [5.41, 5.74) is 0.982. The van der Waals surface area contributed by atoms with Crippen LogP contribution < -0.4 is 5.32 Å². The molecule has 0 spiro atoms. The number of H-pyrrole nitrogens is 1. The van der Waals surface area contributed by atoms with E-state index in [0.717, 1.165) is 62.5 Å². The normalized spacial score (nSPS) is 27.1. The van der Waals surface area contributed by atoms with Gasteiger partial charge in [0.15, 0.2) is 11.6 Å². The maximum absolute atomic E-state index is 12.4. The van der Waals surface area contributed by atoms with Gasteiger partial charge in [-0.15, -0.1) is 0 Å². The first-order valence-corrected chi connectivity index (χ1v) is 15.0. The summed E-state index contributed by atoms with van der Waals surface area (Å²) in [6, 6.07) is 1.93. The van der Waals surface area contributed by atoms with Crippen LogP contribution in [0.15, 0.2) is 12.3 Å². The van der Waals surface area contributed by atoms with Crippen LogP contribution in [0.4, 0.5) is 11.6 Å². The smallest absolute Gasteiger partial charge is 0.223 e. The maximum Gasteiger partial charge on any atom is 0.223 e. The number of nitrogens with one attached hydrogen (secondary N) is 2. The number of hydrogen-bond donors (Lipinski definition) is 2. The molecule has 4 atom stereocenters. The molecule has 1 amide bonds. The second-order valence-electron chi connectivity index (χ2n) is 12.1. The monoisotopic (exact) mass is 541 g/mol. The molecular weight excluding hydrogens is 498 g/mol. The lowest BCUT2D eigenvalue weighted by atomic mass is 9.63. The van der Waals surface area contributed by atoms with E-state index in [-0.39, 0.29) is 0 Å². The molecule has 2 aliphatic heterocycles. The zero-order valence-corrected chi connectivity index (χ0v) is 24.0. The van der Waals surface area contributed by atoms with Crippen LogP contribution in [-0.4, -0.2) is 68.6 Å². The highest BCUT2D eigenvalue weighted by molar-refractivity contribution is 6.32. The number of aryl methyl sites for hydroxylation is 1. The average Bonchev–Trinajstić information content (AvgIpc) is 3.59. The highest BCUT2D eigenvalue weighted by Gasteiger charge is 2.38. The predicted octanol–water partition coefficient (Wildman–Crippen LogP) is 5.47. The summed E-state index contributed by atoms with van der Waals surface area (Å²) in [6.07, 6.45) is 10.7. The Kier molecular flexibility index (Phi) is 8.88. The maximum atomic E-state index is 12.4. The number of likely N-dealkylation sites (tertiary alicyclic amines) is 2. The molecule has 0 radical (unpaired) electrons. The molecule has 1 aliphatic carbocycles. The molecule has 2 N–H and O–H groups in total. The number of carbonyl (C=O) groups is 1. The van der Waals surface area contributed by atoms with Crippen molar-refractivity contribution in [3.63, 3.8) is 0 Å². The highest BCUT2D eigenvalue weighted by Crippen LogP contribution is 2.45. The first-order valence-electron chi connectivity index (χ1n) is 14.7. The van der Waals surface area contributed by atoms with Crippen LogP contribution in [0.3, 0.4) is 0 Å². The van der Waals surface area contributed by atoms with Crippen LogP contribution in [0.2, 0.25) is 5.02 Å². The highest BCUT2D eigenvalue weighted by atomic mass is 35.5. The Morgan fingerprint density at radius 2 is 1.89 bits per heavy atom. The predicted molar refractivity (Wildman–Crippen MR) is 151 cm³/mol. The van der Waals surface area contributed by atoms with Crippen molar-refractivity contribution in [3.8, 4) is 0 Å². The van der Waals surface area contributed by atoms with Crippen molar-refractivity contribution in [2.24, 2.45) is 29.6 Å². The van der Waals surface area contributed by atoms with E-state index in [4.69, 9.17) is 16.6 Å². The van der Waals surface area contributed by atoms with Crippen molar-refractivity contribution in [1.29, 1.82) is 0 Å². The van der Waals surface area contributed by atoms with E-state index in [2.05, 4.69) is 44.1 Å². The molecule has 38 heavy (non-hydrogen) atoms. The second-order valence-corrected chi connectivity index (χ2v) is 12.5. The van der Waals surface area contributed by atoms with Crippen LogP contribution in [0, 0.1) is 36.5 Å². The van der Waals surface area contributed by atoms with Gasteiger partial charge in [-0.3, -0.25) is 9.89 Å². The third kappa shape index (κ3) is 6.68. The van der Waals surface area contributed by atoms with Crippen molar-refractivity contribution in [2.45, 2.75) is 72.1 Å². The van der Waals surface area contributed by atoms with Gasteiger partial charge < -0.3 is 15.1 Å². The second kappa shape index (κ2) is 12.3. The van der Waals surface area contributed by atoms with Crippen molar-refractivity contribution in [2.75, 3.05) is 38.0 Å². The van der Waals surface area contributed by atoms with E-state index >= 15 is 0 Å². The average molecular weight is 542 g/mol. The number of piperidine rings is 1. The molecule has 9 heteroatoms. The molecule has 4 unspecified atom stereocenters. The number of aromatic nitrogens is 4. The van der Waals surface area contributed by atoms with Crippen molar-refractivity contribution >= 4 is 29.1 Å². The molecule has 2 aromatic heterocycles. The lowest BCUT2D eigenvalue weighted by molar-refractivity contribution is -0.130. The van der Waals surface area contributed by atoms with E-state index < -0.39 is 0 Å². The number of nitrogens with zero attached hydrogens (tertiary/aromatic N) is 5. The number of aromatic amines is 1. The number of anilines is 2. The summed E-state index contributed by atoms with van der Waals surface area (Å²) >= 11 is 6.38. The third-order valence-electron chi connectivity index (χ3n) is 9.38. The van der Waals surface area contributed by atoms with Gasteiger partial charge in [0.2, 0.25) is 5.91 Å². The topological polar surface area (TPSA) is 90.0 Å². The minimum Gasteiger partial charge on any atom is -0.343 e. The summed E-state index contributed by atoms with van der Waals surface area (Å²) < 4.78 is 0. The van der Waals surface area contributed by atoms with Crippen LogP contribution in [-0.2, 0) is 11.2 Å². The minimum atomic E-state index is 0.356. The van der Waals surface area contributed by atoms with E-state index in [1.54, 1.807) is 6.20 Å². The van der Waals surface area contributed by atoms with E-state index in [0.29, 0.717) is 46.7 Å². The summed E-state index contributed by atoms with van der Waals surface area (Å²) in [5.74, 6) is 6.07. The summed E-state index contributed by atoms with van der Waals surface area (Å²) in [5, 5.41) is 10.9. The van der Waals surface area contributed by atoms with Crippen LogP contribution in [0.5, 0.6) is 0 Å². The number of halogens is 1. The van der Waals surface area contributed by atoms with Crippen molar-refractivity contribution in [3.05, 3.63) is 28.8 Å². The Balaban J connectivity index is 1.10. The fraction of sp³-hybridized carbons (Fsp3) is 0.724. The van der Waals surface area contributed by atoms with Gasteiger partial charge in [0.05, 0.1) is 6.20 Å². The Hall–Kier alpha value is -2.19. The molecule has 1 saturated carbocycles. The summed E-state index contributed by atoms with van der Waals surface area (Å²) in [6.45, 7) is 12.0. The molecule has 3 fully saturated rings. The molecule has 5 rings (SSSR count). The molecule has 0 bridgehead atoms. The molecule has 3 aliphatic rings. The quantitative estimate of drug-likeness (QED) is 0.460. The molecule has 2 aromatic rings. The number of amides is 1. The number of carbonyl (C=O) groups excluding carboxylic acids is 1. The molecule has 8 nitrogen and oxygen atoms in total. The van der Waals surface area contributed by atoms with Gasteiger partial charge >= 0.3 is 0 Å². The SMILES string of the molecule is Cc1cc(Nc2nc(CC3CC(C)C(C4CCN(CCC(=O)N5CCCC5)CC4)CC3C)ncc2Cl)n[nH]1. The number of hydrogen-bond acceptors (Lipinski definition) is 6. The zero-order valence-electron chi connectivity index (χ0n) is 23.3. The molecular formula is C29H44ClN7O. The van der Waals surface area contributed by atoms with E-state index in [9.17, 15) is 4.79 Å². The zero-order chi connectivity index (χ0) is 26.6. The Labute approximate surface area is 232 Å². The van der Waals surface area contributed by atoms with Gasteiger partial charge in [0.1, 0.15) is 10.8 Å². The van der Waals surface area contributed by atoms with Crippen LogP contribution in [0.1, 0.15) is 70.3 Å². The van der Waals surface area contributed by atoms with Gasteiger partial charge in [-0.2, -0.15) is 5.10 Å². The third-order valence-corrected chi connectivity index (χ3v) is 9.66. The van der Waals surface area contributed by atoms with E-state index in [1.807, 2.05) is 13.0 Å². The lowest BCUT2D eigenvalue weighted by Gasteiger charge is -2.45. The number of rotatable bonds is 8. The van der Waals surface area contributed by atoms with Gasteiger partial charge in [-0.1, -0.05) is 25.4 Å². The summed E-state index contributed by atoms with van der Waals surface area (Å²) in [4.78, 5) is 26.3. The Morgan fingerprint density at radius 1 is 1.13 bits per heavy atom. The fourth-order valence-electron chi connectivity index (χ4n) is 7.09. The van der Waals surface area contributed by atoms with Gasteiger partial charge in [-0.05, 0) is 88.1 Å². The van der Waals surface area contributed by atoms with Crippen molar-refractivity contribution in [1.82, 2.24) is 30.0 Å². The molecule has 0 aromatic carbocycles. The first kappa shape index (κ1) is 27.4. The van der Waals surface area contributed by atoms with Crippen LogP contribution in [0.25, 0.3) is 0 Å². The lowest BCUT2D eigenvalue weighted by Crippen LogP contribution is -2.42. The largest absolute Gasteiger partial charge is 0.343 e. The molecule has 2 saturated heterocycles. The van der Waals surface area contributed by atoms with E-state index in [1.165, 1.54) is 38.5 Å². The van der Waals surface area contributed by atoms with Gasteiger partial charge in [0.25, 0.3) is 0 Å². The van der Waals surface area contributed by atoms with Crippen molar-refractivity contribution < 1.29 is 4.79 Å². The fourth-order valence-corrected chi connectivity index (χ4v) is 7.23. The standard InChI is InChI=1S/C29H44ClN7O/c1-19-15-24(22-6-11-36(12-7-22)13-8-28(38)37-9-4-5-10-37)20(2)14-23(19)17-26-31-18-25(30)29(32-26)33-27-16-21(3)34-35-27/h16,18-20,22-24H,4-15,17H2,1-3H3,(H2,31,32,33,34,35). The van der Waals surface area contributed by atoms with Gasteiger partial charge in [-0.25, -0.2) is 9.97 Å².